The van der Waals surface area contributed by atoms with E-state index in [0.29, 0.717) is 19.0 Å². The molecule has 1 aliphatic rings. The molecule has 4 heterocycles. The molecule has 5 aromatic rings. The zero-order chi connectivity index (χ0) is 21.5. The van der Waals surface area contributed by atoms with Crippen LogP contribution in [0.25, 0.3) is 42.9 Å². The minimum absolute atomic E-state index is 0.701. The van der Waals surface area contributed by atoms with Crippen molar-refractivity contribution in [3.8, 4) is 27.6 Å². The first-order valence-electron chi connectivity index (χ1n) is 10.5. The lowest BCUT2D eigenvalue weighted by atomic mass is 10.1. The van der Waals surface area contributed by atoms with Crippen LogP contribution in [-0.4, -0.2) is 53.6 Å². The number of nitrogens with one attached hydrogen (secondary N) is 1. The number of benzene rings is 2. The maximum Gasteiger partial charge on any atom is 0.162 e. The summed E-state index contributed by atoms with van der Waals surface area (Å²) in [6.45, 7) is 3.03. The molecule has 0 spiro atoms. The van der Waals surface area contributed by atoms with Crippen molar-refractivity contribution in [2.24, 2.45) is 0 Å². The van der Waals surface area contributed by atoms with E-state index >= 15 is 0 Å². The van der Waals surface area contributed by atoms with Crippen LogP contribution in [0.15, 0.2) is 54.7 Å². The second-order valence-corrected chi connectivity index (χ2v) is 8.72. The molecule has 1 N–H and O–H groups in total. The van der Waals surface area contributed by atoms with Crippen molar-refractivity contribution in [3.63, 3.8) is 0 Å². The van der Waals surface area contributed by atoms with Gasteiger partial charge in [-0.1, -0.05) is 24.3 Å². The molecule has 3 aromatic heterocycles. The zero-order valence-electron chi connectivity index (χ0n) is 17.5. The topological polar surface area (TPSA) is 76.2 Å². The van der Waals surface area contributed by atoms with Gasteiger partial charge in [0.1, 0.15) is 5.75 Å². The van der Waals surface area contributed by atoms with Crippen LogP contribution in [0.3, 0.4) is 0 Å². The first-order valence-corrected chi connectivity index (χ1v) is 11.3. The Kier molecular flexibility index (Phi) is 4.74. The summed E-state index contributed by atoms with van der Waals surface area (Å²) < 4.78 is 12.1. The Bertz CT molecular complexity index is 1420. The molecule has 2 aromatic carbocycles. The molecule has 7 nitrogen and oxygen atoms in total. The molecular formula is C24H21N5O2S. The maximum absolute atomic E-state index is 5.59. The van der Waals surface area contributed by atoms with Gasteiger partial charge in [0.25, 0.3) is 0 Å². The molecule has 6 rings (SSSR count). The molecule has 0 atom stereocenters. The van der Waals surface area contributed by atoms with Crippen molar-refractivity contribution < 1.29 is 9.47 Å². The summed E-state index contributed by atoms with van der Waals surface area (Å²) in [4.78, 5) is 13.5. The van der Waals surface area contributed by atoms with E-state index in [9.17, 15) is 0 Å². The number of hydrogen-bond acceptors (Lipinski definition) is 7. The molecule has 0 unspecified atom stereocenters. The molecule has 0 saturated carbocycles. The predicted octanol–water partition coefficient (Wildman–Crippen LogP) is 4.75. The molecular weight excluding hydrogens is 422 g/mol. The number of methoxy groups -OCH3 is 1. The number of hydrogen-bond donors (Lipinski definition) is 1. The van der Waals surface area contributed by atoms with Gasteiger partial charge in [-0.05, 0) is 29.8 Å². The van der Waals surface area contributed by atoms with Gasteiger partial charge in [0.05, 0.1) is 42.3 Å². The zero-order valence-corrected chi connectivity index (χ0v) is 18.4. The van der Waals surface area contributed by atoms with Gasteiger partial charge in [0.2, 0.25) is 0 Å². The van der Waals surface area contributed by atoms with Crippen LogP contribution in [0.2, 0.25) is 0 Å². The average Bonchev–Trinajstić information content (AvgIpc) is 3.51. The molecule has 160 valence electrons. The van der Waals surface area contributed by atoms with Crippen molar-refractivity contribution in [3.05, 3.63) is 54.7 Å². The van der Waals surface area contributed by atoms with Gasteiger partial charge in [-0.25, -0.2) is 9.97 Å². The quantitative estimate of drug-likeness (QED) is 0.432. The minimum Gasteiger partial charge on any atom is -0.497 e. The Balaban J connectivity index is 1.56. The van der Waals surface area contributed by atoms with Crippen LogP contribution in [-0.2, 0) is 4.74 Å². The van der Waals surface area contributed by atoms with Crippen LogP contribution in [0.1, 0.15) is 0 Å². The number of aromatic nitrogens is 4. The van der Waals surface area contributed by atoms with E-state index in [0.717, 1.165) is 61.8 Å². The van der Waals surface area contributed by atoms with Crippen molar-refractivity contribution in [1.82, 2.24) is 20.2 Å². The third-order valence-electron chi connectivity index (χ3n) is 5.74. The van der Waals surface area contributed by atoms with Crippen molar-refractivity contribution in [1.29, 1.82) is 0 Å². The van der Waals surface area contributed by atoms with Gasteiger partial charge in [-0.3, -0.25) is 5.10 Å². The summed E-state index contributed by atoms with van der Waals surface area (Å²) in [5.74, 6) is 2.51. The second-order valence-electron chi connectivity index (χ2n) is 7.66. The third kappa shape index (κ3) is 3.28. The van der Waals surface area contributed by atoms with E-state index in [-0.39, 0.29) is 0 Å². The first-order chi connectivity index (χ1) is 15.8. The van der Waals surface area contributed by atoms with Gasteiger partial charge in [0.15, 0.2) is 11.6 Å². The van der Waals surface area contributed by atoms with E-state index in [1.54, 1.807) is 18.4 Å². The number of fused-ring (bicyclic) bond motifs is 2. The number of anilines is 1. The predicted molar refractivity (Wildman–Crippen MR) is 128 cm³/mol. The van der Waals surface area contributed by atoms with Crippen LogP contribution in [0.4, 0.5) is 5.82 Å². The van der Waals surface area contributed by atoms with Gasteiger partial charge < -0.3 is 14.4 Å². The molecule has 0 radical (unpaired) electrons. The molecule has 1 fully saturated rings. The number of thiophene rings is 1. The molecule has 1 aliphatic heterocycles. The Labute approximate surface area is 188 Å². The molecule has 1 saturated heterocycles. The monoisotopic (exact) mass is 443 g/mol. The number of aromatic amines is 1. The van der Waals surface area contributed by atoms with Crippen LogP contribution < -0.4 is 9.64 Å². The lowest BCUT2D eigenvalue weighted by Gasteiger charge is -2.28. The van der Waals surface area contributed by atoms with Gasteiger partial charge in [-0.15, -0.1) is 11.3 Å². The highest BCUT2D eigenvalue weighted by molar-refractivity contribution is 7.22. The SMILES string of the molecule is COc1cccc(-c2cc3nc(-c4cccc5[nH]ncc45)nc(N4CCOCC4)c3s2)c1. The van der Waals surface area contributed by atoms with Gasteiger partial charge in [-0.2, -0.15) is 5.10 Å². The fraction of sp³-hybridized carbons (Fsp3) is 0.208. The Morgan fingerprint density at radius 3 is 2.81 bits per heavy atom. The minimum atomic E-state index is 0.701. The highest BCUT2D eigenvalue weighted by Crippen LogP contribution is 2.40. The number of rotatable bonds is 4. The smallest absolute Gasteiger partial charge is 0.162 e. The second kappa shape index (κ2) is 7.89. The Morgan fingerprint density at radius 2 is 1.94 bits per heavy atom. The van der Waals surface area contributed by atoms with Crippen LogP contribution >= 0.6 is 11.3 Å². The fourth-order valence-corrected chi connectivity index (χ4v) is 5.22. The average molecular weight is 444 g/mol. The summed E-state index contributed by atoms with van der Waals surface area (Å²) in [6, 6.07) is 16.3. The maximum atomic E-state index is 5.59. The number of morpholine rings is 1. The fourth-order valence-electron chi connectivity index (χ4n) is 4.11. The molecule has 32 heavy (non-hydrogen) atoms. The normalized spacial score (nSPS) is 14.3. The van der Waals surface area contributed by atoms with E-state index in [1.807, 2.05) is 30.5 Å². The standard InChI is InChI=1S/C24H21N5O2S/c1-30-16-5-2-4-15(12-16)21-13-20-22(32-21)24(29-8-10-31-11-9-29)27-23(26-20)17-6-3-7-19-18(17)14-25-28-19/h2-7,12-14H,8-11H2,1H3,(H,25,28). The van der Waals surface area contributed by atoms with E-state index in [4.69, 9.17) is 19.4 Å². The summed E-state index contributed by atoms with van der Waals surface area (Å²) in [5, 5.41) is 8.26. The van der Waals surface area contributed by atoms with Crippen molar-refractivity contribution in [2.45, 2.75) is 0 Å². The lowest BCUT2D eigenvalue weighted by molar-refractivity contribution is 0.122. The number of H-pyrrole nitrogens is 1. The Morgan fingerprint density at radius 1 is 1.06 bits per heavy atom. The summed E-state index contributed by atoms with van der Waals surface area (Å²) in [6.07, 6.45) is 1.84. The number of ether oxygens (including phenoxy) is 2. The summed E-state index contributed by atoms with van der Waals surface area (Å²) in [5.41, 5.74) is 4.00. The van der Waals surface area contributed by atoms with Crippen molar-refractivity contribution >= 4 is 38.3 Å². The van der Waals surface area contributed by atoms with Gasteiger partial charge >= 0.3 is 0 Å². The molecule has 0 aliphatic carbocycles. The van der Waals surface area contributed by atoms with Crippen LogP contribution in [0.5, 0.6) is 5.75 Å². The number of nitrogens with zero attached hydrogens (tertiary/aromatic N) is 4. The third-order valence-corrected chi connectivity index (χ3v) is 6.91. The van der Waals surface area contributed by atoms with Gasteiger partial charge in [0, 0.05) is 28.9 Å². The van der Waals surface area contributed by atoms with E-state index in [2.05, 4.69) is 39.4 Å². The summed E-state index contributed by atoms with van der Waals surface area (Å²) in [7, 11) is 1.69. The van der Waals surface area contributed by atoms with Crippen LogP contribution in [0, 0.1) is 0 Å². The molecule has 0 amide bonds. The first kappa shape index (κ1) is 19.2. The van der Waals surface area contributed by atoms with E-state index in [1.165, 1.54) is 0 Å². The summed E-state index contributed by atoms with van der Waals surface area (Å²) >= 11 is 1.72. The van der Waals surface area contributed by atoms with Crippen molar-refractivity contribution in [2.75, 3.05) is 38.3 Å². The Hall–Kier alpha value is -3.49. The molecule has 8 heteroatoms. The van der Waals surface area contributed by atoms with E-state index < -0.39 is 0 Å². The highest BCUT2D eigenvalue weighted by Gasteiger charge is 2.21. The largest absolute Gasteiger partial charge is 0.497 e. The lowest BCUT2D eigenvalue weighted by Crippen LogP contribution is -2.36. The highest BCUT2D eigenvalue weighted by atomic mass is 32.1. The molecule has 0 bridgehead atoms.